The number of nitrogens with zero attached hydrogens (tertiary/aromatic N) is 2. The number of hydrogen-bond donors (Lipinski definition) is 0. The van der Waals surface area contributed by atoms with Gasteiger partial charge in [0.15, 0.2) is 0 Å². The topological polar surface area (TPSA) is 27.0 Å². The molecule has 0 unspecified atom stereocenters. The third-order valence-corrected chi connectivity index (χ3v) is 4.34. The van der Waals surface area contributed by atoms with Crippen molar-refractivity contribution in [2.75, 3.05) is 11.9 Å². The van der Waals surface area contributed by atoms with Crippen LogP contribution in [0.15, 0.2) is 46.9 Å². The number of halogens is 2. The minimum atomic E-state index is 0.699. The monoisotopic (exact) mass is 392 g/mol. The molecule has 0 saturated carbocycles. The van der Waals surface area contributed by atoms with Crippen LogP contribution in [0.25, 0.3) is 0 Å². The second-order valence-corrected chi connectivity index (χ2v) is 6.00. The predicted molar refractivity (Wildman–Crippen MR) is 90.0 cm³/mol. The smallest absolute Gasteiger partial charge is 0.0991 e. The van der Waals surface area contributed by atoms with Gasteiger partial charge in [0.05, 0.1) is 17.3 Å². The summed E-state index contributed by atoms with van der Waals surface area (Å²) in [5.41, 5.74) is 4.20. The normalized spacial score (nSPS) is 10.1. The zero-order chi connectivity index (χ0) is 14.5. The van der Waals surface area contributed by atoms with Gasteiger partial charge in [-0.25, -0.2) is 0 Å². The summed E-state index contributed by atoms with van der Waals surface area (Å²) in [5, 5.41) is 9.79. The van der Waals surface area contributed by atoms with Crippen LogP contribution in [0.1, 0.15) is 16.7 Å². The minimum Gasteiger partial charge on any atom is -0.369 e. The summed E-state index contributed by atoms with van der Waals surface area (Å²) in [5.74, 6) is 0. The molecule has 0 heterocycles. The maximum atomic E-state index is 8.94. The van der Waals surface area contributed by atoms with Gasteiger partial charge in [-0.05, 0) is 51.3 Å². The van der Waals surface area contributed by atoms with Gasteiger partial charge in [0.2, 0.25) is 0 Å². The van der Waals surface area contributed by atoms with Crippen molar-refractivity contribution in [3.63, 3.8) is 0 Å². The Labute approximate surface area is 136 Å². The molecule has 0 radical (unpaired) electrons. The standard InChI is InChI=1S/C16H14Br2N2/c1-20(11-14-4-2-3-13(7-14)10-19)16-6-5-12(9-17)8-15(16)18/h2-8H,9,11H2,1H3. The van der Waals surface area contributed by atoms with Gasteiger partial charge in [-0.15, -0.1) is 0 Å². The van der Waals surface area contributed by atoms with Crippen molar-refractivity contribution in [1.29, 1.82) is 5.26 Å². The van der Waals surface area contributed by atoms with Gasteiger partial charge in [0, 0.05) is 23.4 Å². The molecule has 0 aliphatic heterocycles. The first-order chi connectivity index (χ1) is 9.63. The average Bonchev–Trinajstić information content (AvgIpc) is 2.47. The Hall–Kier alpha value is -1.31. The summed E-state index contributed by atoms with van der Waals surface area (Å²) >= 11 is 7.07. The van der Waals surface area contributed by atoms with E-state index in [2.05, 4.69) is 61.0 Å². The zero-order valence-corrected chi connectivity index (χ0v) is 14.3. The molecule has 0 amide bonds. The summed E-state index contributed by atoms with van der Waals surface area (Å²) < 4.78 is 1.08. The van der Waals surface area contributed by atoms with Crippen LogP contribution < -0.4 is 4.90 Å². The van der Waals surface area contributed by atoms with Crippen LogP contribution >= 0.6 is 31.9 Å². The molecule has 4 heteroatoms. The van der Waals surface area contributed by atoms with E-state index in [0.29, 0.717) is 5.56 Å². The zero-order valence-electron chi connectivity index (χ0n) is 11.1. The van der Waals surface area contributed by atoms with Crippen molar-refractivity contribution in [3.8, 4) is 6.07 Å². The van der Waals surface area contributed by atoms with E-state index in [1.807, 2.05) is 31.3 Å². The highest BCUT2D eigenvalue weighted by atomic mass is 79.9. The number of hydrogen-bond acceptors (Lipinski definition) is 2. The van der Waals surface area contributed by atoms with Crippen molar-refractivity contribution < 1.29 is 0 Å². The molecule has 0 aliphatic rings. The molecule has 0 bridgehead atoms. The molecule has 2 rings (SSSR count). The third kappa shape index (κ3) is 3.62. The lowest BCUT2D eigenvalue weighted by molar-refractivity contribution is 0.919. The second-order valence-electron chi connectivity index (χ2n) is 4.59. The molecule has 0 saturated heterocycles. The molecular formula is C16H14Br2N2. The predicted octanol–water partition coefficient (Wildman–Crippen LogP) is 4.85. The molecule has 2 aromatic carbocycles. The Morgan fingerprint density at radius 2 is 1.95 bits per heavy atom. The fraction of sp³-hybridized carbons (Fsp3) is 0.188. The average molecular weight is 394 g/mol. The van der Waals surface area contributed by atoms with Gasteiger partial charge in [-0.2, -0.15) is 5.26 Å². The Morgan fingerprint density at radius 1 is 1.15 bits per heavy atom. The number of nitriles is 1. The van der Waals surface area contributed by atoms with Crippen LogP contribution in [0.3, 0.4) is 0 Å². The van der Waals surface area contributed by atoms with Crippen LogP contribution in [-0.4, -0.2) is 7.05 Å². The lowest BCUT2D eigenvalue weighted by Crippen LogP contribution is -2.16. The fourth-order valence-electron chi connectivity index (χ4n) is 2.04. The largest absolute Gasteiger partial charge is 0.369 e. The summed E-state index contributed by atoms with van der Waals surface area (Å²) in [6, 6.07) is 16.2. The van der Waals surface area contributed by atoms with Crippen molar-refractivity contribution in [1.82, 2.24) is 0 Å². The van der Waals surface area contributed by atoms with E-state index < -0.39 is 0 Å². The van der Waals surface area contributed by atoms with Crippen molar-refractivity contribution in [2.24, 2.45) is 0 Å². The molecule has 2 nitrogen and oxygen atoms in total. The van der Waals surface area contributed by atoms with E-state index in [1.165, 1.54) is 5.56 Å². The minimum absolute atomic E-state index is 0.699. The van der Waals surface area contributed by atoms with Crippen LogP contribution in [0.4, 0.5) is 5.69 Å². The SMILES string of the molecule is CN(Cc1cccc(C#N)c1)c1ccc(CBr)cc1Br. The van der Waals surface area contributed by atoms with E-state index >= 15 is 0 Å². The summed E-state index contributed by atoms with van der Waals surface area (Å²) in [6.45, 7) is 0.766. The van der Waals surface area contributed by atoms with Crippen molar-refractivity contribution >= 4 is 37.5 Å². The summed E-state index contributed by atoms with van der Waals surface area (Å²) in [4.78, 5) is 2.17. The molecule has 0 atom stereocenters. The Balaban J connectivity index is 2.19. The first-order valence-electron chi connectivity index (χ1n) is 6.18. The summed E-state index contributed by atoms with van der Waals surface area (Å²) in [7, 11) is 2.05. The quantitative estimate of drug-likeness (QED) is 0.694. The van der Waals surface area contributed by atoms with Crippen LogP contribution in [-0.2, 0) is 11.9 Å². The van der Waals surface area contributed by atoms with Gasteiger partial charge < -0.3 is 4.90 Å². The Morgan fingerprint density at radius 3 is 2.60 bits per heavy atom. The maximum Gasteiger partial charge on any atom is 0.0991 e. The third-order valence-electron chi connectivity index (χ3n) is 3.05. The van der Waals surface area contributed by atoms with Gasteiger partial charge in [-0.3, -0.25) is 0 Å². The van der Waals surface area contributed by atoms with Crippen LogP contribution in [0.2, 0.25) is 0 Å². The van der Waals surface area contributed by atoms with Gasteiger partial charge >= 0.3 is 0 Å². The molecule has 0 fully saturated rings. The van der Waals surface area contributed by atoms with Crippen molar-refractivity contribution in [2.45, 2.75) is 11.9 Å². The molecule has 0 aliphatic carbocycles. The molecule has 0 aromatic heterocycles. The van der Waals surface area contributed by atoms with Crippen LogP contribution in [0, 0.1) is 11.3 Å². The van der Waals surface area contributed by atoms with Gasteiger partial charge in [-0.1, -0.05) is 34.1 Å². The van der Waals surface area contributed by atoms with Crippen LogP contribution in [0.5, 0.6) is 0 Å². The lowest BCUT2D eigenvalue weighted by atomic mass is 10.1. The first-order valence-corrected chi connectivity index (χ1v) is 8.10. The number of anilines is 1. The number of alkyl halides is 1. The first kappa shape index (κ1) is 15.1. The molecule has 0 N–H and O–H groups in total. The second kappa shape index (κ2) is 6.92. The highest BCUT2D eigenvalue weighted by Gasteiger charge is 2.07. The number of rotatable bonds is 4. The van der Waals surface area contributed by atoms with E-state index in [4.69, 9.17) is 5.26 Å². The Bertz CT molecular complexity index is 647. The molecule has 0 spiro atoms. The van der Waals surface area contributed by atoms with Gasteiger partial charge in [0.1, 0.15) is 0 Å². The van der Waals surface area contributed by atoms with E-state index in [1.54, 1.807) is 0 Å². The molecule has 20 heavy (non-hydrogen) atoms. The highest BCUT2D eigenvalue weighted by Crippen LogP contribution is 2.28. The summed E-state index contributed by atoms with van der Waals surface area (Å²) in [6.07, 6.45) is 0. The van der Waals surface area contributed by atoms with E-state index in [0.717, 1.165) is 27.6 Å². The molecule has 2 aromatic rings. The number of benzene rings is 2. The maximum absolute atomic E-state index is 8.94. The van der Waals surface area contributed by atoms with Crippen molar-refractivity contribution in [3.05, 3.63) is 63.6 Å². The highest BCUT2D eigenvalue weighted by molar-refractivity contribution is 9.10. The van der Waals surface area contributed by atoms with E-state index in [-0.39, 0.29) is 0 Å². The fourth-order valence-corrected chi connectivity index (χ4v) is 3.12. The molecule has 102 valence electrons. The lowest BCUT2D eigenvalue weighted by Gasteiger charge is -2.21. The molecular weight excluding hydrogens is 380 g/mol. The van der Waals surface area contributed by atoms with E-state index in [9.17, 15) is 0 Å². The van der Waals surface area contributed by atoms with Gasteiger partial charge in [0.25, 0.3) is 0 Å². The Kier molecular flexibility index (Phi) is 5.22.